The van der Waals surface area contributed by atoms with Gasteiger partial charge < -0.3 is 10.2 Å². The van der Waals surface area contributed by atoms with E-state index in [0.29, 0.717) is 18.1 Å². The van der Waals surface area contributed by atoms with Crippen LogP contribution in [0.3, 0.4) is 0 Å². The van der Waals surface area contributed by atoms with Crippen molar-refractivity contribution in [1.29, 1.82) is 5.26 Å². The molecule has 1 aromatic carbocycles. The van der Waals surface area contributed by atoms with Gasteiger partial charge in [-0.3, -0.25) is 0 Å². The van der Waals surface area contributed by atoms with E-state index in [1.165, 1.54) is 37.8 Å². The molecule has 2 heterocycles. The maximum absolute atomic E-state index is 9.03. The molecule has 2 fully saturated rings. The lowest BCUT2D eigenvalue weighted by atomic mass is 9.81. The monoisotopic (exact) mass is 347 g/mol. The third-order valence-corrected chi connectivity index (χ3v) is 5.46. The molecule has 4 heteroatoms. The van der Waals surface area contributed by atoms with E-state index in [2.05, 4.69) is 45.2 Å². The standard InChI is InChI=1S/C17H22BrN3/c1-2-20-13-9-14-4-3-5-15(10-13)21(14)17-7-6-12(11-19)8-16(17)18/h6-8,13-15,20H,2-5,9-10H2,1H3. The first-order chi connectivity index (χ1) is 10.2. The SMILES string of the molecule is CCNC1CC2CCCC(C1)N2c1ccc(C#N)cc1Br. The molecule has 2 aliphatic heterocycles. The van der Waals surface area contributed by atoms with E-state index in [9.17, 15) is 0 Å². The van der Waals surface area contributed by atoms with Crippen LogP contribution in [-0.2, 0) is 0 Å². The molecule has 3 rings (SSSR count). The molecule has 0 radical (unpaired) electrons. The van der Waals surface area contributed by atoms with Crippen molar-refractivity contribution in [3.05, 3.63) is 28.2 Å². The van der Waals surface area contributed by atoms with Gasteiger partial charge in [-0.2, -0.15) is 5.26 Å². The number of halogens is 1. The van der Waals surface area contributed by atoms with Crippen LogP contribution in [0.25, 0.3) is 0 Å². The maximum atomic E-state index is 9.03. The molecule has 0 aromatic heterocycles. The largest absolute Gasteiger partial charge is 0.365 e. The topological polar surface area (TPSA) is 39.1 Å². The molecule has 1 aromatic rings. The van der Waals surface area contributed by atoms with Gasteiger partial charge in [-0.25, -0.2) is 0 Å². The van der Waals surface area contributed by atoms with E-state index in [1.807, 2.05) is 12.1 Å². The summed E-state index contributed by atoms with van der Waals surface area (Å²) in [6.45, 7) is 3.25. The zero-order valence-electron chi connectivity index (χ0n) is 12.5. The lowest BCUT2D eigenvalue weighted by molar-refractivity contribution is 0.247. The molecule has 2 unspecified atom stereocenters. The maximum Gasteiger partial charge on any atom is 0.0992 e. The van der Waals surface area contributed by atoms with Crippen molar-refractivity contribution in [3.63, 3.8) is 0 Å². The Morgan fingerprint density at radius 2 is 2.05 bits per heavy atom. The molecule has 0 spiro atoms. The van der Waals surface area contributed by atoms with Gasteiger partial charge in [0.05, 0.1) is 17.3 Å². The number of benzene rings is 1. The van der Waals surface area contributed by atoms with Crippen LogP contribution in [0.4, 0.5) is 5.69 Å². The molecule has 0 saturated carbocycles. The van der Waals surface area contributed by atoms with Crippen molar-refractivity contribution in [2.75, 3.05) is 11.4 Å². The highest BCUT2D eigenvalue weighted by Gasteiger charge is 2.38. The van der Waals surface area contributed by atoms with Gasteiger partial charge in [0.25, 0.3) is 0 Å². The van der Waals surface area contributed by atoms with Crippen molar-refractivity contribution in [3.8, 4) is 6.07 Å². The number of piperidine rings is 2. The molecule has 3 nitrogen and oxygen atoms in total. The zero-order chi connectivity index (χ0) is 14.8. The Hall–Kier alpha value is -1.05. The van der Waals surface area contributed by atoms with Gasteiger partial charge >= 0.3 is 0 Å². The van der Waals surface area contributed by atoms with E-state index >= 15 is 0 Å². The quantitative estimate of drug-likeness (QED) is 0.903. The van der Waals surface area contributed by atoms with Gasteiger partial charge in [-0.1, -0.05) is 6.92 Å². The summed E-state index contributed by atoms with van der Waals surface area (Å²) in [4.78, 5) is 2.61. The fourth-order valence-electron chi connectivity index (χ4n) is 4.02. The van der Waals surface area contributed by atoms with Crippen LogP contribution in [0.2, 0.25) is 0 Å². The fourth-order valence-corrected chi connectivity index (χ4v) is 4.60. The average Bonchev–Trinajstić information content (AvgIpc) is 2.47. The molecule has 2 aliphatic rings. The van der Waals surface area contributed by atoms with Gasteiger partial charge in [0.1, 0.15) is 0 Å². The Bertz CT molecular complexity index is 537. The minimum atomic E-state index is 0.630. The number of anilines is 1. The Morgan fingerprint density at radius 3 is 2.62 bits per heavy atom. The molecule has 0 aliphatic carbocycles. The molecule has 2 atom stereocenters. The number of nitrogens with zero attached hydrogens (tertiary/aromatic N) is 2. The first kappa shape index (κ1) is 14.9. The highest BCUT2D eigenvalue weighted by Crippen LogP contribution is 2.40. The zero-order valence-corrected chi connectivity index (χ0v) is 14.1. The Morgan fingerprint density at radius 1 is 1.33 bits per heavy atom. The second-order valence-corrected chi connectivity index (χ2v) is 7.00. The minimum Gasteiger partial charge on any atom is -0.365 e. The molecule has 1 N–H and O–H groups in total. The van der Waals surface area contributed by atoms with E-state index in [1.54, 1.807) is 0 Å². The van der Waals surface area contributed by atoms with Crippen molar-refractivity contribution in [2.45, 2.75) is 57.2 Å². The Kier molecular flexibility index (Phi) is 4.51. The van der Waals surface area contributed by atoms with Gasteiger partial charge in [-0.15, -0.1) is 0 Å². The van der Waals surface area contributed by atoms with E-state index in [0.717, 1.165) is 16.6 Å². The highest BCUT2D eigenvalue weighted by atomic mass is 79.9. The number of nitriles is 1. The lowest BCUT2D eigenvalue weighted by Crippen LogP contribution is -2.56. The van der Waals surface area contributed by atoms with Crippen LogP contribution in [0, 0.1) is 11.3 Å². The van der Waals surface area contributed by atoms with Crippen molar-refractivity contribution in [2.24, 2.45) is 0 Å². The first-order valence-corrected chi connectivity index (χ1v) is 8.73. The summed E-state index contributed by atoms with van der Waals surface area (Å²) in [5.41, 5.74) is 1.98. The van der Waals surface area contributed by atoms with Gasteiger partial charge in [0, 0.05) is 22.6 Å². The first-order valence-electron chi connectivity index (χ1n) is 7.94. The summed E-state index contributed by atoms with van der Waals surface area (Å²) in [6.07, 6.45) is 6.38. The fraction of sp³-hybridized carbons (Fsp3) is 0.588. The third kappa shape index (κ3) is 2.95. The molecular weight excluding hydrogens is 326 g/mol. The van der Waals surface area contributed by atoms with Crippen LogP contribution < -0.4 is 10.2 Å². The number of hydrogen-bond donors (Lipinski definition) is 1. The van der Waals surface area contributed by atoms with Crippen LogP contribution in [0.15, 0.2) is 22.7 Å². The van der Waals surface area contributed by atoms with Crippen molar-refractivity contribution < 1.29 is 0 Å². The van der Waals surface area contributed by atoms with Crippen LogP contribution in [0.1, 0.15) is 44.6 Å². The van der Waals surface area contributed by atoms with E-state index < -0.39 is 0 Å². The van der Waals surface area contributed by atoms with Crippen molar-refractivity contribution in [1.82, 2.24) is 5.32 Å². The Labute approximate surface area is 135 Å². The van der Waals surface area contributed by atoms with Gasteiger partial charge in [0.15, 0.2) is 0 Å². The summed E-state index contributed by atoms with van der Waals surface area (Å²) in [6, 6.07) is 10.1. The third-order valence-electron chi connectivity index (χ3n) is 4.82. The summed E-state index contributed by atoms with van der Waals surface area (Å²) < 4.78 is 1.06. The lowest BCUT2D eigenvalue weighted by Gasteiger charge is -2.50. The molecule has 21 heavy (non-hydrogen) atoms. The van der Waals surface area contributed by atoms with E-state index in [4.69, 9.17) is 5.26 Å². The summed E-state index contributed by atoms with van der Waals surface area (Å²) >= 11 is 3.67. The molecule has 112 valence electrons. The van der Waals surface area contributed by atoms with Crippen LogP contribution >= 0.6 is 15.9 Å². The van der Waals surface area contributed by atoms with Crippen LogP contribution in [-0.4, -0.2) is 24.7 Å². The van der Waals surface area contributed by atoms with Gasteiger partial charge in [-0.05, 0) is 72.8 Å². The second-order valence-electron chi connectivity index (χ2n) is 6.15. The average molecular weight is 348 g/mol. The van der Waals surface area contributed by atoms with Crippen molar-refractivity contribution >= 4 is 21.6 Å². The number of hydrogen-bond acceptors (Lipinski definition) is 3. The minimum absolute atomic E-state index is 0.630. The number of rotatable bonds is 3. The van der Waals surface area contributed by atoms with E-state index in [-0.39, 0.29) is 0 Å². The molecule has 2 saturated heterocycles. The second kappa shape index (κ2) is 6.37. The number of fused-ring (bicyclic) bond motifs is 2. The molecule has 2 bridgehead atoms. The Balaban J connectivity index is 1.87. The van der Waals surface area contributed by atoms with Crippen LogP contribution in [0.5, 0.6) is 0 Å². The summed E-state index contributed by atoms with van der Waals surface area (Å²) in [5, 5.41) is 12.7. The predicted octanol–water partition coefficient (Wildman–Crippen LogP) is 3.82. The summed E-state index contributed by atoms with van der Waals surface area (Å²) in [5.74, 6) is 0. The molecule has 0 amide bonds. The predicted molar refractivity (Wildman–Crippen MR) is 89.5 cm³/mol. The van der Waals surface area contributed by atoms with Gasteiger partial charge in [0.2, 0.25) is 0 Å². The number of nitrogens with one attached hydrogen (secondary N) is 1. The smallest absolute Gasteiger partial charge is 0.0992 e. The summed E-state index contributed by atoms with van der Waals surface area (Å²) in [7, 11) is 0. The molecular formula is C17H22BrN3. The normalized spacial score (nSPS) is 28.2. The highest BCUT2D eigenvalue weighted by molar-refractivity contribution is 9.10.